The maximum Gasteiger partial charge on any atom is 0.300 e. The Morgan fingerprint density at radius 1 is 0.514 bits per heavy atom. The van der Waals surface area contributed by atoms with Gasteiger partial charge in [0.05, 0.1) is 0 Å². The monoisotopic (exact) mass is 500 g/mol. The van der Waals surface area contributed by atoms with Gasteiger partial charge in [0, 0.05) is 33.1 Å². The SMILES string of the molecule is CC(=O)O.CCCCCCCCNCCNCCN(CCCCCCCC)CCCCCCCC. The quantitative estimate of drug-likeness (QED) is 0.101. The van der Waals surface area contributed by atoms with Gasteiger partial charge >= 0.3 is 0 Å². The zero-order chi connectivity index (χ0) is 26.2. The molecule has 0 aromatic heterocycles. The summed E-state index contributed by atoms with van der Waals surface area (Å²) < 4.78 is 0. The van der Waals surface area contributed by atoms with E-state index in [4.69, 9.17) is 9.90 Å². The summed E-state index contributed by atoms with van der Waals surface area (Å²) in [7, 11) is 0. The van der Waals surface area contributed by atoms with Crippen LogP contribution < -0.4 is 10.6 Å². The summed E-state index contributed by atoms with van der Waals surface area (Å²) in [6, 6.07) is 0. The van der Waals surface area contributed by atoms with Gasteiger partial charge in [-0.2, -0.15) is 0 Å². The van der Waals surface area contributed by atoms with Crippen molar-refractivity contribution in [3.05, 3.63) is 0 Å². The Morgan fingerprint density at radius 2 is 0.857 bits per heavy atom. The van der Waals surface area contributed by atoms with E-state index in [1.54, 1.807) is 0 Å². The minimum Gasteiger partial charge on any atom is -0.481 e. The second-order valence-electron chi connectivity index (χ2n) is 10.2. The molecule has 0 heterocycles. The highest BCUT2D eigenvalue weighted by Crippen LogP contribution is 2.09. The minimum atomic E-state index is -0.833. The van der Waals surface area contributed by atoms with E-state index in [9.17, 15) is 0 Å². The van der Waals surface area contributed by atoms with Gasteiger partial charge in [-0.1, -0.05) is 117 Å². The third-order valence-corrected chi connectivity index (χ3v) is 6.45. The maximum absolute atomic E-state index is 9.00. The fourth-order valence-corrected chi connectivity index (χ4v) is 4.26. The average Bonchev–Trinajstić information content (AvgIpc) is 2.83. The molecule has 0 spiro atoms. The van der Waals surface area contributed by atoms with Crippen LogP contribution in [0.4, 0.5) is 0 Å². The molecule has 0 aliphatic heterocycles. The zero-order valence-electron chi connectivity index (χ0n) is 24.5. The molecule has 0 radical (unpaired) electrons. The molecule has 0 atom stereocenters. The molecule has 0 saturated heterocycles. The van der Waals surface area contributed by atoms with Gasteiger partial charge in [-0.15, -0.1) is 0 Å². The Morgan fingerprint density at radius 3 is 1.29 bits per heavy atom. The van der Waals surface area contributed by atoms with Crippen molar-refractivity contribution < 1.29 is 9.90 Å². The van der Waals surface area contributed by atoms with Crippen LogP contribution in [0.1, 0.15) is 143 Å². The van der Waals surface area contributed by atoms with Gasteiger partial charge in [-0.3, -0.25) is 4.79 Å². The molecular formula is C30H65N3O2. The Labute approximate surface area is 220 Å². The number of hydrogen-bond donors (Lipinski definition) is 3. The fourth-order valence-electron chi connectivity index (χ4n) is 4.26. The molecule has 0 aromatic carbocycles. The van der Waals surface area contributed by atoms with E-state index in [0.717, 1.165) is 26.6 Å². The van der Waals surface area contributed by atoms with Gasteiger partial charge in [0.2, 0.25) is 0 Å². The molecule has 0 amide bonds. The first-order valence-corrected chi connectivity index (χ1v) is 15.4. The van der Waals surface area contributed by atoms with Crippen molar-refractivity contribution in [2.45, 2.75) is 143 Å². The second kappa shape index (κ2) is 33.4. The molecular weight excluding hydrogens is 434 g/mol. The third-order valence-electron chi connectivity index (χ3n) is 6.45. The Bertz CT molecular complexity index is 374. The molecule has 0 aliphatic rings. The van der Waals surface area contributed by atoms with E-state index in [1.165, 1.54) is 142 Å². The number of unbranched alkanes of at least 4 members (excludes halogenated alkanes) is 15. The van der Waals surface area contributed by atoms with Crippen LogP contribution in [0.2, 0.25) is 0 Å². The molecule has 0 unspecified atom stereocenters. The lowest BCUT2D eigenvalue weighted by Crippen LogP contribution is -2.36. The number of carboxylic acid groups (broad SMARTS) is 1. The number of carboxylic acids is 1. The van der Waals surface area contributed by atoms with E-state index in [2.05, 4.69) is 36.3 Å². The van der Waals surface area contributed by atoms with E-state index >= 15 is 0 Å². The Hall–Kier alpha value is -0.650. The second-order valence-corrected chi connectivity index (χ2v) is 10.2. The first-order chi connectivity index (χ1) is 17.1. The molecule has 3 N–H and O–H groups in total. The molecule has 5 heteroatoms. The summed E-state index contributed by atoms with van der Waals surface area (Å²) in [5.74, 6) is -0.833. The van der Waals surface area contributed by atoms with Crippen molar-refractivity contribution in [1.82, 2.24) is 15.5 Å². The summed E-state index contributed by atoms with van der Waals surface area (Å²) in [5, 5.41) is 14.7. The molecule has 0 aromatic rings. The van der Waals surface area contributed by atoms with Crippen LogP contribution in [0.3, 0.4) is 0 Å². The molecule has 35 heavy (non-hydrogen) atoms. The van der Waals surface area contributed by atoms with Crippen LogP contribution in [0.5, 0.6) is 0 Å². The highest BCUT2D eigenvalue weighted by molar-refractivity contribution is 5.62. The summed E-state index contributed by atoms with van der Waals surface area (Å²) in [6.45, 7) is 16.4. The number of rotatable bonds is 27. The molecule has 212 valence electrons. The van der Waals surface area contributed by atoms with Crippen LogP contribution in [-0.2, 0) is 4.79 Å². The number of nitrogens with one attached hydrogen (secondary N) is 2. The van der Waals surface area contributed by atoms with Crippen LogP contribution in [-0.4, -0.2) is 61.8 Å². The molecule has 0 saturated carbocycles. The lowest BCUT2D eigenvalue weighted by atomic mass is 10.1. The van der Waals surface area contributed by atoms with Crippen molar-refractivity contribution in [3.8, 4) is 0 Å². The van der Waals surface area contributed by atoms with Crippen molar-refractivity contribution in [2.75, 3.05) is 45.8 Å². The number of nitrogens with zero attached hydrogens (tertiary/aromatic N) is 1. The highest BCUT2D eigenvalue weighted by atomic mass is 16.4. The van der Waals surface area contributed by atoms with E-state index in [0.29, 0.717) is 0 Å². The Balaban J connectivity index is 0. The molecule has 0 fully saturated rings. The smallest absolute Gasteiger partial charge is 0.300 e. The van der Waals surface area contributed by atoms with Crippen LogP contribution in [0.15, 0.2) is 0 Å². The maximum atomic E-state index is 9.00. The van der Waals surface area contributed by atoms with Crippen molar-refractivity contribution in [1.29, 1.82) is 0 Å². The lowest BCUT2D eigenvalue weighted by molar-refractivity contribution is -0.134. The van der Waals surface area contributed by atoms with E-state index < -0.39 is 5.97 Å². The number of aliphatic carboxylic acids is 1. The van der Waals surface area contributed by atoms with Gasteiger partial charge in [0.1, 0.15) is 0 Å². The van der Waals surface area contributed by atoms with Crippen LogP contribution in [0.25, 0.3) is 0 Å². The van der Waals surface area contributed by atoms with Crippen LogP contribution in [0, 0.1) is 0 Å². The normalized spacial score (nSPS) is 11.0. The highest BCUT2D eigenvalue weighted by Gasteiger charge is 2.04. The molecule has 0 bridgehead atoms. The van der Waals surface area contributed by atoms with Gasteiger partial charge in [-0.05, 0) is 38.9 Å². The predicted molar refractivity (Wildman–Crippen MR) is 156 cm³/mol. The van der Waals surface area contributed by atoms with E-state index in [-0.39, 0.29) is 0 Å². The molecule has 0 rings (SSSR count). The van der Waals surface area contributed by atoms with Crippen molar-refractivity contribution in [3.63, 3.8) is 0 Å². The summed E-state index contributed by atoms with van der Waals surface area (Å²) in [6.07, 6.45) is 25.2. The standard InChI is InChI=1S/C28H61N3.C2H4O2/c1-4-7-10-13-16-19-22-29-23-24-30-25-28-31(26-20-17-14-11-8-5-2)27-21-18-15-12-9-6-3;1-2(3)4/h29-30H,4-28H2,1-3H3;1H3,(H,3,4). The number of carbonyl (C=O) groups is 1. The van der Waals surface area contributed by atoms with Gasteiger partial charge in [0.25, 0.3) is 5.97 Å². The van der Waals surface area contributed by atoms with Gasteiger partial charge in [0.15, 0.2) is 0 Å². The number of hydrogen-bond acceptors (Lipinski definition) is 4. The first-order valence-electron chi connectivity index (χ1n) is 15.4. The predicted octanol–water partition coefficient (Wildman–Crippen LogP) is 7.64. The third kappa shape index (κ3) is 38.1. The van der Waals surface area contributed by atoms with Crippen LogP contribution >= 0.6 is 0 Å². The fraction of sp³-hybridized carbons (Fsp3) is 0.967. The van der Waals surface area contributed by atoms with E-state index in [1.807, 2.05) is 0 Å². The largest absolute Gasteiger partial charge is 0.481 e. The summed E-state index contributed by atoms with van der Waals surface area (Å²) >= 11 is 0. The van der Waals surface area contributed by atoms with Gasteiger partial charge in [-0.25, -0.2) is 0 Å². The van der Waals surface area contributed by atoms with Crippen molar-refractivity contribution in [2.24, 2.45) is 0 Å². The average molecular weight is 500 g/mol. The molecule has 5 nitrogen and oxygen atoms in total. The summed E-state index contributed by atoms with van der Waals surface area (Å²) in [4.78, 5) is 11.7. The minimum absolute atomic E-state index is 0.833. The zero-order valence-corrected chi connectivity index (χ0v) is 24.5. The lowest BCUT2D eigenvalue weighted by Gasteiger charge is -2.22. The van der Waals surface area contributed by atoms with Crippen molar-refractivity contribution >= 4 is 5.97 Å². The first kappa shape index (κ1) is 36.5. The van der Waals surface area contributed by atoms with Gasteiger partial charge < -0.3 is 20.6 Å². The topological polar surface area (TPSA) is 64.6 Å². The Kier molecular flexibility index (Phi) is 34.8. The molecule has 0 aliphatic carbocycles. The summed E-state index contributed by atoms with van der Waals surface area (Å²) in [5.41, 5.74) is 0.